The molecule has 6 heteroatoms. The summed E-state index contributed by atoms with van der Waals surface area (Å²) in [5, 5.41) is 16.6. The van der Waals surface area contributed by atoms with Gasteiger partial charge in [0.25, 0.3) is 5.91 Å². The molecule has 5 rings (SSSR count). The molecule has 6 atom stereocenters. The Morgan fingerprint density at radius 3 is 2.62 bits per heavy atom. The van der Waals surface area contributed by atoms with Crippen molar-refractivity contribution >= 4 is 28.4 Å². The van der Waals surface area contributed by atoms with E-state index in [2.05, 4.69) is 24.4 Å². The number of hydrazone groups is 1. The Bertz CT molecular complexity index is 1130. The molecule has 168 valence electrons. The number of benzene rings is 2. The van der Waals surface area contributed by atoms with E-state index in [4.69, 9.17) is 4.74 Å². The maximum Gasteiger partial charge on any atom is 0.309 e. The average Bonchev–Trinajstić information content (AvgIpc) is 3.05. The van der Waals surface area contributed by atoms with E-state index in [1.165, 1.54) is 0 Å². The first-order valence-electron chi connectivity index (χ1n) is 11.6. The van der Waals surface area contributed by atoms with Crippen molar-refractivity contribution in [3.05, 3.63) is 42.0 Å². The summed E-state index contributed by atoms with van der Waals surface area (Å²) in [6, 6.07) is 10.9. The molecule has 0 aromatic heterocycles. The second-order valence-electron chi connectivity index (χ2n) is 10.1. The minimum atomic E-state index is -0.427. The Morgan fingerprint density at radius 1 is 1.16 bits per heavy atom. The van der Waals surface area contributed by atoms with Gasteiger partial charge in [-0.2, -0.15) is 5.10 Å². The Balaban J connectivity index is 1.38. The number of carbonyl (C=O) groups is 2. The van der Waals surface area contributed by atoms with Crippen LogP contribution in [0.3, 0.4) is 0 Å². The normalized spacial score (nSPS) is 35.3. The van der Waals surface area contributed by atoms with Crippen LogP contribution in [0, 0.1) is 29.1 Å². The molecule has 6 unspecified atom stereocenters. The van der Waals surface area contributed by atoms with Crippen molar-refractivity contribution in [1.29, 1.82) is 0 Å². The lowest BCUT2D eigenvalue weighted by atomic mass is 9.53. The van der Waals surface area contributed by atoms with Gasteiger partial charge < -0.3 is 9.84 Å². The van der Waals surface area contributed by atoms with E-state index in [1.54, 1.807) is 12.1 Å². The fourth-order valence-electron chi connectivity index (χ4n) is 6.38. The molecule has 3 fully saturated rings. The lowest BCUT2D eigenvalue weighted by Gasteiger charge is -2.52. The SMILES string of the molecule is CC1C(=O)OC2C1CCC1(C)CC/C(=N\NC(=O)c3cc4ccccc4cc3O)C(C)C21. The number of ether oxygens (including phenoxy) is 1. The van der Waals surface area contributed by atoms with Crippen LogP contribution < -0.4 is 5.43 Å². The van der Waals surface area contributed by atoms with Gasteiger partial charge in [0.05, 0.1) is 11.5 Å². The molecule has 2 aromatic carbocycles. The molecule has 1 saturated heterocycles. The Labute approximate surface area is 188 Å². The van der Waals surface area contributed by atoms with Gasteiger partial charge in [0.2, 0.25) is 0 Å². The second kappa shape index (κ2) is 7.61. The first-order valence-corrected chi connectivity index (χ1v) is 11.6. The first kappa shape index (κ1) is 21.0. The van der Waals surface area contributed by atoms with Crippen LogP contribution in [0.2, 0.25) is 0 Å². The van der Waals surface area contributed by atoms with Gasteiger partial charge in [-0.25, -0.2) is 5.43 Å². The molecule has 0 bridgehead atoms. The molecule has 1 aliphatic heterocycles. The van der Waals surface area contributed by atoms with E-state index in [-0.39, 0.29) is 52.5 Å². The summed E-state index contributed by atoms with van der Waals surface area (Å²) < 4.78 is 5.87. The highest BCUT2D eigenvalue weighted by Gasteiger charge is 2.58. The number of nitrogens with one attached hydrogen (secondary N) is 1. The molecule has 2 N–H and O–H groups in total. The van der Waals surface area contributed by atoms with Crippen molar-refractivity contribution in [3.63, 3.8) is 0 Å². The van der Waals surface area contributed by atoms with Gasteiger partial charge in [-0.1, -0.05) is 45.0 Å². The number of hydrogen-bond acceptors (Lipinski definition) is 5. The standard InChI is InChI=1S/C26H30N2O4/c1-14-18-8-10-26(3)11-9-20(15(2)22(26)23(18)32-25(14)31)27-28-24(30)19-12-16-6-4-5-7-17(16)13-21(19)29/h4-7,12-15,18,22-23,29H,8-11H2,1-3H3,(H,28,30)/b27-20+. The molecule has 6 nitrogen and oxygen atoms in total. The van der Waals surface area contributed by atoms with Gasteiger partial charge in [-0.3, -0.25) is 9.59 Å². The van der Waals surface area contributed by atoms with Crippen LogP contribution in [0.1, 0.15) is 56.8 Å². The summed E-state index contributed by atoms with van der Waals surface area (Å²) in [6.45, 7) is 6.43. The minimum absolute atomic E-state index is 0.0466. The predicted molar refractivity (Wildman–Crippen MR) is 122 cm³/mol. The van der Waals surface area contributed by atoms with E-state index < -0.39 is 5.91 Å². The van der Waals surface area contributed by atoms with Crippen LogP contribution in [-0.4, -0.2) is 28.8 Å². The molecular weight excluding hydrogens is 404 g/mol. The third-order valence-electron chi connectivity index (χ3n) is 8.32. The number of carbonyl (C=O) groups excluding carboxylic acids is 2. The first-order chi connectivity index (χ1) is 15.3. The molecule has 1 amide bonds. The molecule has 2 saturated carbocycles. The van der Waals surface area contributed by atoms with Crippen LogP contribution in [0.4, 0.5) is 0 Å². The predicted octanol–water partition coefficient (Wildman–Crippen LogP) is 4.66. The van der Waals surface area contributed by atoms with Crippen molar-refractivity contribution in [3.8, 4) is 5.75 Å². The summed E-state index contributed by atoms with van der Waals surface area (Å²) >= 11 is 0. The summed E-state index contributed by atoms with van der Waals surface area (Å²) in [5.41, 5.74) is 3.92. The number of phenolic OH excluding ortho intramolecular Hbond substituents is 1. The molecule has 1 heterocycles. The van der Waals surface area contributed by atoms with E-state index in [9.17, 15) is 14.7 Å². The zero-order valence-corrected chi connectivity index (χ0v) is 18.8. The molecule has 2 aromatic rings. The summed E-state index contributed by atoms with van der Waals surface area (Å²) in [5.74, 6) is -0.0445. The van der Waals surface area contributed by atoms with Crippen molar-refractivity contribution in [1.82, 2.24) is 5.43 Å². The van der Waals surface area contributed by atoms with E-state index >= 15 is 0 Å². The molecule has 0 spiro atoms. The summed E-state index contributed by atoms with van der Waals surface area (Å²) in [4.78, 5) is 25.1. The van der Waals surface area contributed by atoms with Crippen molar-refractivity contribution in [2.24, 2.45) is 34.2 Å². The molecule has 0 radical (unpaired) electrons. The molecular formula is C26H30N2O4. The monoisotopic (exact) mass is 434 g/mol. The molecule has 2 aliphatic carbocycles. The van der Waals surface area contributed by atoms with Crippen molar-refractivity contribution in [2.45, 2.75) is 52.6 Å². The number of rotatable bonds is 2. The van der Waals surface area contributed by atoms with E-state index in [0.29, 0.717) is 0 Å². The fourth-order valence-corrected chi connectivity index (χ4v) is 6.38. The van der Waals surface area contributed by atoms with Gasteiger partial charge in [0.1, 0.15) is 11.9 Å². The highest BCUT2D eigenvalue weighted by atomic mass is 16.6. The largest absolute Gasteiger partial charge is 0.507 e. The maximum absolute atomic E-state index is 12.8. The summed E-state index contributed by atoms with van der Waals surface area (Å²) in [7, 11) is 0. The number of aromatic hydroxyl groups is 1. The fraction of sp³-hybridized carbons (Fsp3) is 0.500. The van der Waals surface area contributed by atoms with Crippen LogP contribution in [0.5, 0.6) is 5.75 Å². The number of fused-ring (bicyclic) bond motifs is 4. The van der Waals surface area contributed by atoms with E-state index in [0.717, 1.165) is 42.2 Å². The van der Waals surface area contributed by atoms with Crippen molar-refractivity contribution in [2.75, 3.05) is 0 Å². The van der Waals surface area contributed by atoms with Crippen LogP contribution in [0.15, 0.2) is 41.5 Å². The number of hydrogen-bond donors (Lipinski definition) is 2. The van der Waals surface area contributed by atoms with Gasteiger partial charge in [-0.15, -0.1) is 0 Å². The van der Waals surface area contributed by atoms with Gasteiger partial charge in [-0.05, 0) is 54.0 Å². The van der Waals surface area contributed by atoms with Crippen molar-refractivity contribution < 1.29 is 19.4 Å². The summed E-state index contributed by atoms with van der Waals surface area (Å²) in [6.07, 6.45) is 3.82. The van der Waals surface area contributed by atoms with E-state index in [1.807, 2.05) is 31.2 Å². The van der Waals surface area contributed by atoms with Gasteiger partial charge in [0.15, 0.2) is 0 Å². The smallest absolute Gasteiger partial charge is 0.309 e. The van der Waals surface area contributed by atoms with Crippen LogP contribution in [-0.2, 0) is 9.53 Å². The number of nitrogens with zero attached hydrogens (tertiary/aromatic N) is 1. The average molecular weight is 435 g/mol. The third-order valence-corrected chi connectivity index (χ3v) is 8.32. The number of phenols is 1. The van der Waals surface area contributed by atoms with Crippen LogP contribution >= 0.6 is 0 Å². The molecule has 3 aliphatic rings. The van der Waals surface area contributed by atoms with Gasteiger partial charge in [0, 0.05) is 23.5 Å². The van der Waals surface area contributed by atoms with Gasteiger partial charge >= 0.3 is 5.97 Å². The zero-order valence-electron chi connectivity index (χ0n) is 18.8. The number of amides is 1. The minimum Gasteiger partial charge on any atom is -0.507 e. The quantitative estimate of drug-likeness (QED) is 0.532. The van der Waals surface area contributed by atoms with Crippen LogP contribution in [0.25, 0.3) is 10.8 Å². The highest BCUT2D eigenvalue weighted by Crippen LogP contribution is 2.57. The maximum atomic E-state index is 12.8. The molecule has 32 heavy (non-hydrogen) atoms. The highest BCUT2D eigenvalue weighted by molar-refractivity contribution is 6.02. The lowest BCUT2D eigenvalue weighted by molar-refractivity contribution is -0.150. The third kappa shape index (κ3) is 3.28. The topological polar surface area (TPSA) is 88.0 Å². The Kier molecular flexibility index (Phi) is 4.99. The zero-order chi connectivity index (χ0) is 22.6. The number of esters is 1. The Hall–Kier alpha value is -2.89. The Morgan fingerprint density at radius 2 is 1.88 bits per heavy atom. The second-order valence-corrected chi connectivity index (χ2v) is 10.1. The lowest BCUT2D eigenvalue weighted by Crippen LogP contribution is -2.52.